The Kier molecular flexibility index (Phi) is 4.01. The molecule has 2 heterocycles. The Bertz CT molecular complexity index is 382. The zero-order valence-electron chi connectivity index (χ0n) is 11.1. The second-order valence-electron chi connectivity index (χ2n) is 5.14. The van der Waals surface area contributed by atoms with Crippen molar-refractivity contribution in [2.24, 2.45) is 5.41 Å². The molecule has 0 saturated carbocycles. The average molecular weight is 250 g/mol. The van der Waals surface area contributed by atoms with Gasteiger partial charge in [0.2, 0.25) is 5.91 Å². The molecule has 1 aromatic heterocycles. The van der Waals surface area contributed by atoms with Crippen molar-refractivity contribution in [1.82, 2.24) is 20.8 Å². The van der Waals surface area contributed by atoms with Gasteiger partial charge in [-0.2, -0.15) is 5.10 Å². The van der Waals surface area contributed by atoms with Crippen LogP contribution in [-0.4, -0.2) is 29.2 Å². The number of aromatic amines is 1. The van der Waals surface area contributed by atoms with Crippen LogP contribution in [0.5, 0.6) is 0 Å². The minimum atomic E-state index is -0.240. The van der Waals surface area contributed by atoms with Gasteiger partial charge in [0.15, 0.2) is 0 Å². The van der Waals surface area contributed by atoms with Gasteiger partial charge in [0.1, 0.15) is 0 Å². The van der Waals surface area contributed by atoms with E-state index in [1.165, 1.54) is 0 Å². The fourth-order valence-corrected chi connectivity index (χ4v) is 2.55. The summed E-state index contributed by atoms with van der Waals surface area (Å²) in [6.07, 6.45) is 6.50. The predicted molar refractivity (Wildman–Crippen MR) is 70.0 cm³/mol. The van der Waals surface area contributed by atoms with Crippen molar-refractivity contribution < 1.29 is 4.79 Å². The molecule has 0 spiro atoms. The molecule has 18 heavy (non-hydrogen) atoms. The van der Waals surface area contributed by atoms with Crippen LogP contribution in [0.4, 0.5) is 0 Å². The van der Waals surface area contributed by atoms with Gasteiger partial charge < -0.3 is 10.6 Å². The van der Waals surface area contributed by atoms with Gasteiger partial charge in [0.05, 0.1) is 17.7 Å². The molecule has 3 N–H and O–H groups in total. The Morgan fingerprint density at radius 1 is 1.67 bits per heavy atom. The van der Waals surface area contributed by atoms with Crippen molar-refractivity contribution in [1.29, 1.82) is 0 Å². The van der Waals surface area contributed by atoms with Crippen molar-refractivity contribution >= 4 is 5.91 Å². The maximum absolute atomic E-state index is 12.5. The smallest absolute Gasteiger partial charge is 0.227 e. The summed E-state index contributed by atoms with van der Waals surface area (Å²) in [6, 6.07) is 0.00148. The predicted octanol–water partition coefficient (Wildman–Crippen LogP) is 1.37. The number of piperidine rings is 1. The number of carbonyl (C=O) groups excluding carboxylic acids is 1. The van der Waals surface area contributed by atoms with Crippen LogP contribution in [0.2, 0.25) is 0 Å². The molecule has 0 aromatic carbocycles. The SMILES string of the molecule is CCC1(C(=O)NC(C)c2cn[nH]c2)CCCNC1. The Hall–Kier alpha value is -1.36. The zero-order chi connectivity index (χ0) is 13.0. The average Bonchev–Trinajstić information content (AvgIpc) is 2.93. The molecule has 2 unspecified atom stereocenters. The molecule has 1 aliphatic heterocycles. The number of nitrogens with zero attached hydrogens (tertiary/aromatic N) is 1. The lowest BCUT2D eigenvalue weighted by molar-refractivity contribution is -0.133. The van der Waals surface area contributed by atoms with Crippen molar-refractivity contribution in [2.75, 3.05) is 13.1 Å². The van der Waals surface area contributed by atoms with E-state index in [0.717, 1.165) is 37.9 Å². The van der Waals surface area contributed by atoms with E-state index in [4.69, 9.17) is 0 Å². The van der Waals surface area contributed by atoms with E-state index >= 15 is 0 Å². The number of rotatable bonds is 4. The molecule has 0 aliphatic carbocycles. The molecule has 100 valence electrons. The lowest BCUT2D eigenvalue weighted by atomic mass is 9.77. The second-order valence-corrected chi connectivity index (χ2v) is 5.14. The number of nitrogens with one attached hydrogen (secondary N) is 3. The monoisotopic (exact) mass is 250 g/mol. The number of hydrogen-bond acceptors (Lipinski definition) is 3. The second kappa shape index (κ2) is 5.52. The quantitative estimate of drug-likeness (QED) is 0.756. The molecule has 1 amide bonds. The Labute approximate surface area is 108 Å². The molecular weight excluding hydrogens is 228 g/mol. The summed E-state index contributed by atoms with van der Waals surface area (Å²) >= 11 is 0. The minimum absolute atomic E-state index is 0.00148. The van der Waals surface area contributed by atoms with Crippen molar-refractivity contribution in [3.05, 3.63) is 18.0 Å². The van der Waals surface area contributed by atoms with Crippen LogP contribution >= 0.6 is 0 Å². The van der Waals surface area contributed by atoms with Gasteiger partial charge in [0, 0.05) is 18.3 Å². The molecule has 2 rings (SSSR count). The molecule has 1 aromatic rings. The number of amides is 1. The highest BCUT2D eigenvalue weighted by Crippen LogP contribution is 2.31. The van der Waals surface area contributed by atoms with Gasteiger partial charge >= 0.3 is 0 Å². The van der Waals surface area contributed by atoms with E-state index in [9.17, 15) is 4.79 Å². The van der Waals surface area contributed by atoms with Gasteiger partial charge in [-0.15, -0.1) is 0 Å². The molecule has 2 atom stereocenters. The number of hydrogen-bond donors (Lipinski definition) is 3. The summed E-state index contributed by atoms with van der Waals surface area (Å²) in [5.74, 6) is 0.158. The fourth-order valence-electron chi connectivity index (χ4n) is 2.55. The molecule has 0 radical (unpaired) electrons. The lowest BCUT2D eigenvalue weighted by Gasteiger charge is -2.36. The molecule has 5 heteroatoms. The highest BCUT2D eigenvalue weighted by Gasteiger charge is 2.38. The first-order valence-corrected chi connectivity index (χ1v) is 6.68. The highest BCUT2D eigenvalue weighted by molar-refractivity contribution is 5.83. The molecule has 5 nitrogen and oxygen atoms in total. The van der Waals surface area contributed by atoms with Crippen LogP contribution in [0.1, 0.15) is 44.7 Å². The van der Waals surface area contributed by atoms with Crippen LogP contribution in [-0.2, 0) is 4.79 Å². The molecular formula is C13H22N4O. The van der Waals surface area contributed by atoms with Crippen LogP contribution in [0.3, 0.4) is 0 Å². The topological polar surface area (TPSA) is 69.8 Å². The Morgan fingerprint density at radius 2 is 2.50 bits per heavy atom. The van der Waals surface area contributed by atoms with Crippen molar-refractivity contribution in [2.45, 2.75) is 39.2 Å². The van der Waals surface area contributed by atoms with E-state index in [0.29, 0.717) is 0 Å². The Morgan fingerprint density at radius 3 is 3.06 bits per heavy atom. The third kappa shape index (κ3) is 2.56. The first-order valence-electron chi connectivity index (χ1n) is 6.68. The maximum atomic E-state index is 12.5. The largest absolute Gasteiger partial charge is 0.349 e. The first kappa shape index (κ1) is 13.1. The van der Waals surface area contributed by atoms with E-state index in [1.54, 1.807) is 6.20 Å². The third-order valence-corrected chi connectivity index (χ3v) is 4.00. The first-order chi connectivity index (χ1) is 8.68. The van der Waals surface area contributed by atoms with Gasteiger partial charge in [-0.25, -0.2) is 0 Å². The van der Waals surface area contributed by atoms with Gasteiger partial charge in [0.25, 0.3) is 0 Å². The summed E-state index contributed by atoms with van der Waals surface area (Å²) in [7, 11) is 0. The molecule has 0 bridgehead atoms. The van der Waals surface area contributed by atoms with E-state index in [-0.39, 0.29) is 17.4 Å². The summed E-state index contributed by atoms with van der Waals surface area (Å²) in [6.45, 7) is 5.89. The maximum Gasteiger partial charge on any atom is 0.227 e. The fraction of sp³-hybridized carbons (Fsp3) is 0.692. The van der Waals surface area contributed by atoms with Crippen molar-refractivity contribution in [3.8, 4) is 0 Å². The van der Waals surface area contributed by atoms with Crippen LogP contribution in [0.15, 0.2) is 12.4 Å². The zero-order valence-corrected chi connectivity index (χ0v) is 11.1. The summed E-state index contributed by atoms with van der Waals surface area (Å²) in [5.41, 5.74) is 0.773. The van der Waals surface area contributed by atoms with E-state index in [2.05, 4.69) is 27.8 Å². The number of carbonyl (C=O) groups is 1. The lowest BCUT2D eigenvalue weighted by Crippen LogP contribution is -2.50. The van der Waals surface area contributed by atoms with Crippen LogP contribution < -0.4 is 10.6 Å². The van der Waals surface area contributed by atoms with Crippen molar-refractivity contribution in [3.63, 3.8) is 0 Å². The van der Waals surface area contributed by atoms with E-state index < -0.39 is 0 Å². The van der Waals surface area contributed by atoms with Gasteiger partial charge in [-0.1, -0.05) is 6.92 Å². The highest BCUT2D eigenvalue weighted by atomic mass is 16.2. The summed E-state index contributed by atoms with van der Waals surface area (Å²) in [4.78, 5) is 12.5. The molecule has 1 saturated heterocycles. The molecule has 1 fully saturated rings. The third-order valence-electron chi connectivity index (χ3n) is 4.00. The summed E-state index contributed by atoms with van der Waals surface area (Å²) in [5, 5.41) is 13.1. The van der Waals surface area contributed by atoms with Crippen LogP contribution in [0, 0.1) is 5.41 Å². The molecule has 1 aliphatic rings. The van der Waals surface area contributed by atoms with E-state index in [1.807, 2.05) is 13.1 Å². The Balaban J connectivity index is 2.01. The van der Waals surface area contributed by atoms with Gasteiger partial charge in [-0.3, -0.25) is 9.89 Å². The minimum Gasteiger partial charge on any atom is -0.349 e. The standard InChI is InChI=1S/C13H22N4O/c1-3-13(5-4-6-14-9-13)12(18)17-10(2)11-7-15-16-8-11/h7-8,10,14H,3-6,9H2,1-2H3,(H,15,16)(H,17,18). The van der Waals surface area contributed by atoms with Crippen LogP contribution in [0.25, 0.3) is 0 Å². The number of H-pyrrole nitrogens is 1. The summed E-state index contributed by atoms with van der Waals surface area (Å²) < 4.78 is 0. The number of aromatic nitrogens is 2. The van der Waals surface area contributed by atoms with Gasteiger partial charge in [-0.05, 0) is 32.7 Å². The normalized spacial score (nSPS) is 25.7.